The molecular formula is C20H24N2O4. The Morgan fingerprint density at radius 3 is 2.15 bits per heavy atom. The summed E-state index contributed by atoms with van der Waals surface area (Å²) in [5.41, 5.74) is 2.35. The molecule has 6 nitrogen and oxygen atoms in total. The van der Waals surface area contributed by atoms with Crippen molar-refractivity contribution in [2.24, 2.45) is 5.92 Å². The van der Waals surface area contributed by atoms with E-state index in [4.69, 9.17) is 9.47 Å². The number of hydrogen-bond donors (Lipinski definition) is 2. The summed E-state index contributed by atoms with van der Waals surface area (Å²) in [6, 6.07) is 12.4. The second-order valence-electron chi connectivity index (χ2n) is 6.21. The fraction of sp³-hybridized carbons (Fsp3) is 0.300. The third-order valence-corrected chi connectivity index (χ3v) is 3.64. The summed E-state index contributed by atoms with van der Waals surface area (Å²) >= 11 is 0. The van der Waals surface area contributed by atoms with Crippen molar-refractivity contribution in [2.75, 3.05) is 24.4 Å². The highest BCUT2D eigenvalue weighted by Gasteiger charge is 2.09. The van der Waals surface area contributed by atoms with E-state index in [1.807, 2.05) is 32.9 Å². The number of ether oxygens (including phenoxy) is 2. The molecule has 0 aliphatic heterocycles. The van der Waals surface area contributed by atoms with E-state index >= 15 is 0 Å². The van der Waals surface area contributed by atoms with Gasteiger partial charge in [-0.05, 0) is 48.9 Å². The first-order valence-corrected chi connectivity index (χ1v) is 8.37. The van der Waals surface area contributed by atoms with Crippen LogP contribution in [0.4, 0.5) is 11.4 Å². The average molecular weight is 356 g/mol. The lowest BCUT2D eigenvalue weighted by atomic mass is 10.2. The molecule has 0 bridgehead atoms. The van der Waals surface area contributed by atoms with Gasteiger partial charge in [0.05, 0.1) is 7.11 Å². The number of benzene rings is 2. The summed E-state index contributed by atoms with van der Waals surface area (Å²) in [5, 5.41) is 5.54. The molecule has 0 aliphatic carbocycles. The summed E-state index contributed by atoms with van der Waals surface area (Å²) < 4.78 is 10.8. The van der Waals surface area contributed by atoms with Crippen molar-refractivity contribution in [2.45, 2.75) is 20.8 Å². The van der Waals surface area contributed by atoms with Gasteiger partial charge in [-0.1, -0.05) is 19.9 Å². The Morgan fingerprint density at radius 2 is 1.58 bits per heavy atom. The van der Waals surface area contributed by atoms with E-state index in [1.165, 1.54) is 0 Å². The molecule has 0 aromatic heterocycles. The fourth-order valence-electron chi connectivity index (χ4n) is 2.16. The van der Waals surface area contributed by atoms with E-state index in [1.54, 1.807) is 37.4 Å². The third-order valence-electron chi connectivity index (χ3n) is 3.64. The summed E-state index contributed by atoms with van der Waals surface area (Å²) in [6.45, 7) is 5.47. The van der Waals surface area contributed by atoms with Gasteiger partial charge in [0, 0.05) is 17.3 Å². The minimum absolute atomic E-state index is 0.0535. The summed E-state index contributed by atoms with van der Waals surface area (Å²) in [5.74, 6) is 0.669. The van der Waals surface area contributed by atoms with Gasteiger partial charge in [-0.25, -0.2) is 0 Å². The van der Waals surface area contributed by atoms with Crippen molar-refractivity contribution in [1.82, 2.24) is 0 Å². The Labute approximate surface area is 153 Å². The first-order valence-electron chi connectivity index (χ1n) is 8.37. The van der Waals surface area contributed by atoms with Crippen LogP contribution in [0.5, 0.6) is 11.5 Å². The normalized spacial score (nSPS) is 10.3. The number of hydrogen-bond acceptors (Lipinski definition) is 4. The van der Waals surface area contributed by atoms with Crippen LogP contribution in [0.2, 0.25) is 0 Å². The molecule has 0 atom stereocenters. The third kappa shape index (κ3) is 5.51. The number of nitrogens with one attached hydrogen (secondary N) is 2. The maximum absolute atomic E-state index is 12.1. The molecule has 6 heteroatoms. The minimum Gasteiger partial charge on any atom is -0.493 e. The number of amides is 2. The molecule has 138 valence electrons. The lowest BCUT2D eigenvalue weighted by Gasteiger charge is -2.12. The number of methoxy groups -OCH3 is 1. The molecule has 0 unspecified atom stereocenters. The molecular weight excluding hydrogens is 332 g/mol. The van der Waals surface area contributed by atoms with E-state index in [9.17, 15) is 9.59 Å². The number of carbonyl (C=O) groups is 2. The number of anilines is 2. The molecule has 2 N–H and O–H groups in total. The molecule has 0 fully saturated rings. The lowest BCUT2D eigenvalue weighted by molar-refractivity contribution is -0.119. The largest absolute Gasteiger partial charge is 0.493 e. The summed E-state index contributed by atoms with van der Waals surface area (Å²) in [6.07, 6.45) is 0. The molecule has 0 heterocycles. The quantitative estimate of drug-likeness (QED) is 0.794. The molecule has 2 aromatic carbocycles. The Morgan fingerprint density at radius 1 is 0.962 bits per heavy atom. The van der Waals surface area contributed by atoms with Crippen LogP contribution < -0.4 is 20.1 Å². The smallest absolute Gasteiger partial charge is 0.262 e. The van der Waals surface area contributed by atoms with Crippen molar-refractivity contribution < 1.29 is 19.1 Å². The van der Waals surface area contributed by atoms with Crippen molar-refractivity contribution in [1.29, 1.82) is 0 Å². The molecule has 2 rings (SSSR count). The van der Waals surface area contributed by atoms with E-state index < -0.39 is 0 Å². The van der Waals surface area contributed by atoms with Crippen LogP contribution in [-0.2, 0) is 9.59 Å². The number of aryl methyl sites for hydroxylation is 1. The van der Waals surface area contributed by atoms with Crippen molar-refractivity contribution >= 4 is 23.2 Å². The van der Waals surface area contributed by atoms with Gasteiger partial charge in [0.2, 0.25) is 5.91 Å². The molecule has 0 spiro atoms. The van der Waals surface area contributed by atoms with Crippen LogP contribution in [-0.4, -0.2) is 25.5 Å². The Kier molecular flexibility index (Phi) is 6.60. The second kappa shape index (κ2) is 8.89. The predicted molar refractivity (Wildman–Crippen MR) is 102 cm³/mol. The molecule has 0 aliphatic rings. The molecule has 0 radical (unpaired) electrons. The van der Waals surface area contributed by atoms with Gasteiger partial charge < -0.3 is 20.1 Å². The fourth-order valence-corrected chi connectivity index (χ4v) is 2.16. The maximum Gasteiger partial charge on any atom is 0.262 e. The predicted octanol–water partition coefficient (Wildman–Crippen LogP) is 3.62. The zero-order valence-electron chi connectivity index (χ0n) is 15.5. The van der Waals surface area contributed by atoms with Gasteiger partial charge in [-0.2, -0.15) is 0 Å². The maximum atomic E-state index is 12.1. The van der Waals surface area contributed by atoms with E-state index in [0.717, 1.165) is 5.56 Å². The Balaban J connectivity index is 1.89. The lowest BCUT2D eigenvalue weighted by Crippen LogP contribution is -2.20. The van der Waals surface area contributed by atoms with Crippen LogP contribution in [0.15, 0.2) is 42.5 Å². The van der Waals surface area contributed by atoms with E-state index in [0.29, 0.717) is 22.9 Å². The van der Waals surface area contributed by atoms with Gasteiger partial charge in [0.25, 0.3) is 5.91 Å². The monoisotopic (exact) mass is 356 g/mol. The molecule has 26 heavy (non-hydrogen) atoms. The topological polar surface area (TPSA) is 76.7 Å². The average Bonchev–Trinajstić information content (AvgIpc) is 2.62. The van der Waals surface area contributed by atoms with Crippen LogP contribution in [0.3, 0.4) is 0 Å². The SMILES string of the molecule is COc1cc(C)ccc1OCC(=O)Nc1ccc(NC(=O)C(C)C)cc1. The van der Waals surface area contributed by atoms with Gasteiger partial charge in [0.15, 0.2) is 18.1 Å². The molecule has 0 saturated heterocycles. The standard InChI is InChI=1S/C20H24N2O4/c1-13(2)20(24)22-16-8-6-15(7-9-16)21-19(23)12-26-17-10-5-14(3)11-18(17)25-4/h5-11,13H,12H2,1-4H3,(H,21,23)(H,22,24). The van der Waals surface area contributed by atoms with Crippen molar-refractivity contribution in [3.05, 3.63) is 48.0 Å². The molecule has 0 saturated carbocycles. The highest BCUT2D eigenvalue weighted by Crippen LogP contribution is 2.27. The molecule has 2 aromatic rings. The summed E-state index contributed by atoms with van der Waals surface area (Å²) in [7, 11) is 1.56. The van der Waals surface area contributed by atoms with Gasteiger partial charge >= 0.3 is 0 Å². The number of rotatable bonds is 7. The van der Waals surface area contributed by atoms with E-state index in [-0.39, 0.29) is 24.3 Å². The van der Waals surface area contributed by atoms with Gasteiger partial charge in [-0.3, -0.25) is 9.59 Å². The van der Waals surface area contributed by atoms with Crippen molar-refractivity contribution in [3.8, 4) is 11.5 Å². The van der Waals surface area contributed by atoms with Crippen LogP contribution in [0, 0.1) is 12.8 Å². The minimum atomic E-state index is -0.286. The highest BCUT2D eigenvalue weighted by atomic mass is 16.5. The Bertz CT molecular complexity index is 770. The van der Waals surface area contributed by atoms with Crippen LogP contribution in [0.1, 0.15) is 19.4 Å². The first-order chi connectivity index (χ1) is 12.4. The van der Waals surface area contributed by atoms with Gasteiger partial charge in [0.1, 0.15) is 0 Å². The van der Waals surface area contributed by atoms with E-state index in [2.05, 4.69) is 10.6 Å². The van der Waals surface area contributed by atoms with Crippen molar-refractivity contribution in [3.63, 3.8) is 0 Å². The second-order valence-corrected chi connectivity index (χ2v) is 6.21. The first kappa shape index (κ1) is 19.3. The van der Waals surface area contributed by atoms with Crippen LogP contribution >= 0.6 is 0 Å². The number of carbonyl (C=O) groups excluding carboxylic acids is 2. The summed E-state index contributed by atoms with van der Waals surface area (Å²) in [4.78, 5) is 23.7. The van der Waals surface area contributed by atoms with Crippen LogP contribution in [0.25, 0.3) is 0 Å². The Hall–Kier alpha value is -3.02. The zero-order valence-corrected chi connectivity index (χ0v) is 15.5. The van der Waals surface area contributed by atoms with Gasteiger partial charge in [-0.15, -0.1) is 0 Å². The zero-order chi connectivity index (χ0) is 19.1. The highest BCUT2D eigenvalue weighted by molar-refractivity contribution is 5.94. The molecule has 2 amide bonds.